The highest BCUT2D eigenvalue weighted by Gasteiger charge is 2.42. The number of aromatic nitrogens is 3. The van der Waals surface area contributed by atoms with Gasteiger partial charge in [0.05, 0.1) is 4.47 Å². The van der Waals surface area contributed by atoms with Crippen molar-refractivity contribution in [1.82, 2.24) is 14.6 Å². The third-order valence-electron chi connectivity index (χ3n) is 3.79. The maximum absolute atomic E-state index is 13.5. The summed E-state index contributed by atoms with van der Waals surface area (Å²) in [7, 11) is 0. The molecule has 1 fully saturated rings. The van der Waals surface area contributed by atoms with Crippen LogP contribution >= 0.6 is 15.9 Å². The number of nitrogen functional groups attached to an aromatic ring is 1. The van der Waals surface area contributed by atoms with Crippen molar-refractivity contribution in [3.63, 3.8) is 0 Å². The Morgan fingerprint density at radius 3 is 2.50 bits per heavy atom. The molecule has 2 aromatic rings. The van der Waals surface area contributed by atoms with E-state index in [9.17, 15) is 13.2 Å². The molecule has 3 rings (SSSR count). The predicted octanol–water partition coefficient (Wildman–Crippen LogP) is 2.02. The first-order valence-corrected chi connectivity index (χ1v) is 7.48. The van der Waals surface area contributed by atoms with Crippen molar-refractivity contribution in [2.45, 2.75) is 25.1 Å². The van der Waals surface area contributed by atoms with Crippen LogP contribution in [0.2, 0.25) is 0 Å². The van der Waals surface area contributed by atoms with Gasteiger partial charge in [-0.15, -0.1) is 0 Å². The van der Waals surface area contributed by atoms with Crippen LogP contribution in [0.15, 0.2) is 10.8 Å². The Bertz CT molecular complexity index is 705. The molecule has 1 saturated heterocycles. The van der Waals surface area contributed by atoms with Crippen LogP contribution in [0.3, 0.4) is 0 Å². The van der Waals surface area contributed by atoms with Crippen molar-refractivity contribution in [3.8, 4) is 0 Å². The molecule has 3 heterocycles. The zero-order valence-electron chi connectivity index (χ0n) is 11.4. The van der Waals surface area contributed by atoms with Gasteiger partial charge in [-0.25, -0.2) is 9.50 Å². The summed E-state index contributed by atoms with van der Waals surface area (Å²) in [5.74, 6) is -0.0253. The SMILES string of the molecule is Nc1ncnn2c(N3CCC(N)CC3)c(C(F)(F)F)c(Br)c12. The lowest BCUT2D eigenvalue weighted by atomic mass is 10.1. The smallest absolute Gasteiger partial charge is 0.382 e. The fourth-order valence-electron chi connectivity index (χ4n) is 2.71. The first kappa shape index (κ1) is 15.3. The van der Waals surface area contributed by atoms with Gasteiger partial charge in [0.15, 0.2) is 5.82 Å². The van der Waals surface area contributed by atoms with Gasteiger partial charge in [-0.2, -0.15) is 18.3 Å². The molecule has 22 heavy (non-hydrogen) atoms. The summed E-state index contributed by atoms with van der Waals surface area (Å²) in [6, 6.07) is 0.0138. The number of alkyl halides is 3. The summed E-state index contributed by atoms with van der Waals surface area (Å²) in [6.45, 7) is 0.874. The minimum atomic E-state index is -4.53. The summed E-state index contributed by atoms with van der Waals surface area (Å²) in [6.07, 6.45) is -2.13. The van der Waals surface area contributed by atoms with Crippen molar-refractivity contribution < 1.29 is 13.2 Å². The van der Waals surface area contributed by atoms with Gasteiger partial charge >= 0.3 is 6.18 Å². The van der Waals surface area contributed by atoms with Gasteiger partial charge in [0.2, 0.25) is 0 Å². The molecule has 6 nitrogen and oxygen atoms in total. The molecule has 4 N–H and O–H groups in total. The quantitative estimate of drug-likeness (QED) is 0.792. The number of nitrogens with two attached hydrogens (primary N) is 2. The molecule has 0 unspecified atom stereocenters. The minimum absolute atomic E-state index is 0.00710. The van der Waals surface area contributed by atoms with E-state index in [1.807, 2.05) is 0 Å². The second kappa shape index (κ2) is 5.27. The number of rotatable bonds is 1. The zero-order valence-corrected chi connectivity index (χ0v) is 13.0. The third-order valence-corrected chi connectivity index (χ3v) is 4.56. The van der Waals surface area contributed by atoms with Crippen LogP contribution in [-0.4, -0.2) is 33.7 Å². The Labute approximate surface area is 132 Å². The second-order valence-corrected chi connectivity index (χ2v) is 6.03. The standard InChI is InChI=1S/C12H14BrF3N6/c13-8-7(12(14,15)16)11(21-3-1-6(17)2-4-21)22-9(8)10(18)19-5-20-22/h5-6H,1-4,17H2,(H2,18,19,20). The van der Waals surface area contributed by atoms with Crippen LogP contribution in [0.1, 0.15) is 18.4 Å². The van der Waals surface area contributed by atoms with Crippen LogP contribution in [-0.2, 0) is 6.18 Å². The Hall–Kier alpha value is -1.55. The van der Waals surface area contributed by atoms with E-state index in [2.05, 4.69) is 26.0 Å². The van der Waals surface area contributed by atoms with E-state index in [1.165, 1.54) is 4.52 Å². The fraction of sp³-hybridized carbons (Fsp3) is 0.500. The molecule has 2 aromatic heterocycles. The lowest BCUT2D eigenvalue weighted by molar-refractivity contribution is -0.137. The normalized spacial score (nSPS) is 17.4. The lowest BCUT2D eigenvalue weighted by Gasteiger charge is -2.32. The van der Waals surface area contributed by atoms with Gasteiger partial charge in [-0.1, -0.05) is 0 Å². The van der Waals surface area contributed by atoms with Crippen molar-refractivity contribution in [2.75, 3.05) is 23.7 Å². The van der Waals surface area contributed by atoms with E-state index >= 15 is 0 Å². The molecule has 10 heteroatoms. The zero-order chi connectivity index (χ0) is 16.1. The van der Waals surface area contributed by atoms with E-state index in [1.54, 1.807) is 4.90 Å². The first-order chi connectivity index (χ1) is 10.3. The average molecular weight is 379 g/mol. The number of piperidine rings is 1. The van der Waals surface area contributed by atoms with Gasteiger partial charge in [0.25, 0.3) is 0 Å². The molecular formula is C12H14BrF3N6. The van der Waals surface area contributed by atoms with Gasteiger partial charge in [-0.05, 0) is 28.8 Å². The van der Waals surface area contributed by atoms with Crippen molar-refractivity contribution >= 4 is 33.1 Å². The molecule has 0 radical (unpaired) electrons. The Morgan fingerprint density at radius 1 is 1.27 bits per heavy atom. The number of anilines is 2. The molecule has 0 saturated carbocycles. The van der Waals surface area contributed by atoms with Crippen molar-refractivity contribution in [3.05, 3.63) is 16.4 Å². The highest BCUT2D eigenvalue weighted by atomic mass is 79.9. The van der Waals surface area contributed by atoms with E-state index < -0.39 is 11.7 Å². The fourth-order valence-corrected chi connectivity index (χ4v) is 3.48. The summed E-state index contributed by atoms with van der Waals surface area (Å²) in [4.78, 5) is 5.42. The average Bonchev–Trinajstić information content (AvgIpc) is 2.74. The molecule has 0 aliphatic carbocycles. The highest BCUT2D eigenvalue weighted by molar-refractivity contribution is 9.10. The van der Waals surface area contributed by atoms with E-state index in [0.29, 0.717) is 25.9 Å². The number of hydrogen-bond acceptors (Lipinski definition) is 5. The monoisotopic (exact) mass is 378 g/mol. The summed E-state index contributed by atoms with van der Waals surface area (Å²) in [5, 5.41) is 3.95. The number of fused-ring (bicyclic) bond motifs is 1. The topological polar surface area (TPSA) is 85.5 Å². The van der Waals surface area contributed by atoms with Crippen LogP contribution in [0.25, 0.3) is 5.52 Å². The van der Waals surface area contributed by atoms with Gasteiger partial charge in [0.1, 0.15) is 23.2 Å². The Balaban J connectivity index is 2.25. The van der Waals surface area contributed by atoms with E-state index in [0.717, 1.165) is 6.33 Å². The number of nitrogens with zero attached hydrogens (tertiary/aromatic N) is 4. The Kier molecular flexibility index (Phi) is 3.68. The second-order valence-electron chi connectivity index (χ2n) is 5.24. The molecule has 0 aromatic carbocycles. The van der Waals surface area contributed by atoms with Crippen molar-refractivity contribution in [1.29, 1.82) is 0 Å². The minimum Gasteiger partial charge on any atom is -0.382 e. The predicted molar refractivity (Wildman–Crippen MR) is 79.5 cm³/mol. The highest BCUT2D eigenvalue weighted by Crippen LogP contribution is 2.46. The lowest BCUT2D eigenvalue weighted by Crippen LogP contribution is -2.41. The van der Waals surface area contributed by atoms with E-state index in [4.69, 9.17) is 11.5 Å². The summed E-state index contributed by atoms with van der Waals surface area (Å²) < 4.78 is 41.6. The number of hydrogen-bond donors (Lipinski definition) is 2. The molecule has 120 valence electrons. The maximum atomic E-state index is 13.5. The Morgan fingerprint density at radius 2 is 1.91 bits per heavy atom. The third kappa shape index (κ3) is 2.39. The molecule has 1 aliphatic rings. The van der Waals surface area contributed by atoms with Gasteiger partial charge in [0, 0.05) is 19.1 Å². The van der Waals surface area contributed by atoms with Crippen LogP contribution < -0.4 is 16.4 Å². The molecular weight excluding hydrogens is 365 g/mol. The molecule has 0 bridgehead atoms. The molecule has 1 aliphatic heterocycles. The molecule has 0 atom stereocenters. The first-order valence-electron chi connectivity index (χ1n) is 6.69. The summed E-state index contributed by atoms with van der Waals surface area (Å²) >= 11 is 3.02. The van der Waals surface area contributed by atoms with Crippen LogP contribution in [0.5, 0.6) is 0 Å². The van der Waals surface area contributed by atoms with Crippen LogP contribution in [0.4, 0.5) is 24.8 Å². The van der Waals surface area contributed by atoms with Crippen molar-refractivity contribution in [2.24, 2.45) is 5.73 Å². The summed E-state index contributed by atoms with van der Waals surface area (Å²) in [5.41, 5.74) is 10.9. The molecule has 0 spiro atoms. The largest absolute Gasteiger partial charge is 0.421 e. The van der Waals surface area contributed by atoms with E-state index in [-0.39, 0.29) is 27.7 Å². The maximum Gasteiger partial charge on any atom is 0.421 e. The van der Waals surface area contributed by atoms with Gasteiger partial charge in [-0.3, -0.25) is 0 Å². The molecule has 0 amide bonds. The van der Waals surface area contributed by atoms with Gasteiger partial charge < -0.3 is 16.4 Å². The number of halogens is 4. The van der Waals surface area contributed by atoms with Crippen LogP contribution in [0, 0.1) is 0 Å².